The molecule has 0 atom stereocenters. The zero-order valence-corrected chi connectivity index (χ0v) is 10.2. The van der Waals surface area contributed by atoms with E-state index < -0.39 is 29.0 Å². The number of anilines is 1. The molecular weight excluding hydrogens is 271 g/mol. The van der Waals surface area contributed by atoms with Crippen LogP contribution in [0, 0.1) is 17.5 Å². The maximum Gasteiger partial charge on any atom is 0.229 e. The molecule has 0 unspecified atom stereocenters. The summed E-state index contributed by atoms with van der Waals surface area (Å²) in [5.74, 6) is -4.51. The van der Waals surface area contributed by atoms with Crippen molar-refractivity contribution in [3.05, 3.63) is 59.4 Å². The molecule has 0 aliphatic rings. The number of nitrogens with one attached hydrogen (secondary N) is 1. The molecule has 20 heavy (non-hydrogen) atoms. The molecule has 0 aliphatic carbocycles. The molecule has 2 aromatic carbocycles. The van der Waals surface area contributed by atoms with Crippen molar-refractivity contribution < 1.29 is 23.1 Å². The fourth-order valence-corrected chi connectivity index (χ4v) is 1.67. The van der Waals surface area contributed by atoms with Crippen molar-refractivity contribution in [2.24, 2.45) is 0 Å². The molecule has 0 bridgehead atoms. The maximum absolute atomic E-state index is 13.4. The van der Waals surface area contributed by atoms with Gasteiger partial charge in [0.25, 0.3) is 0 Å². The van der Waals surface area contributed by atoms with Gasteiger partial charge in [-0.25, -0.2) is 13.2 Å². The van der Waals surface area contributed by atoms with Gasteiger partial charge in [0.2, 0.25) is 5.91 Å². The Morgan fingerprint density at radius 2 is 1.85 bits per heavy atom. The van der Waals surface area contributed by atoms with Gasteiger partial charge in [-0.1, -0.05) is 18.2 Å². The molecule has 0 heterocycles. The number of hydrogen-bond donors (Lipinski definition) is 2. The summed E-state index contributed by atoms with van der Waals surface area (Å²) in [5, 5.41) is 11.6. The smallest absolute Gasteiger partial charge is 0.229 e. The molecule has 0 aliphatic heterocycles. The van der Waals surface area contributed by atoms with Gasteiger partial charge in [-0.05, 0) is 6.07 Å². The van der Waals surface area contributed by atoms with Crippen LogP contribution < -0.4 is 5.32 Å². The van der Waals surface area contributed by atoms with Crippen LogP contribution in [0.2, 0.25) is 0 Å². The molecule has 0 aromatic heterocycles. The summed E-state index contributed by atoms with van der Waals surface area (Å²) >= 11 is 0. The van der Waals surface area contributed by atoms with Crippen LogP contribution in [0.25, 0.3) is 0 Å². The highest BCUT2D eigenvalue weighted by Gasteiger charge is 2.14. The van der Waals surface area contributed by atoms with E-state index in [0.717, 1.165) is 0 Å². The van der Waals surface area contributed by atoms with Gasteiger partial charge < -0.3 is 10.4 Å². The third-order valence-electron chi connectivity index (χ3n) is 2.61. The van der Waals surface area contributed by atoms with E-state index in [9.17, 15) is 23.1 Å². The lowest BCUT2D eigenvalue weighted by molar-refractivity contribution is -0.115. The molecule has 0 saturated heterocycles. The minimum atomic E-state index is -1.39. The van der Waals surface area contributed by atoms with Crippen LogP contribution in [0.15, 0.2) is 36.4 Å². The van der Waals surface area contributed by atoms with E-state index in [2.05, 4.69) is 5.32 Å². The molecule has 2 rings (SSSR count). The van der Waals surface area contributed by atoms with E-state index in [0.29, 0.717) is 17.7 Å². The SMILES string of the molecule is O=C(Cc1ccccc1O)Nc1cc(F)cc(F)c1F. The van der Waals surface area contributed by atoms with Gasteiger partial charge in [0.05, 0.1) is 12.1 Å². The Bertz CT molecular complexity index is 659. The predicted octanol–water partition coefficient (Wildman–Crippen LogP) is 2.99. The lowest BCUT2D eigenvalue weighted by Gasteiger charge is -2.08. The number of hydrogen-bond acceptors (Lipinski definition) is 2. The topological polar surface area (TPSA) is 49.3 Å². The Morgan fingerprint density at radius 1 is 1.15 bits per heavy atom. The monoisotopic (exact) mass is 281 g/mol. The van der Waals surface area contributed by atoms with E-state index in [1.807, 2.05) is 0 Å². The van der Waals surface area contributed by atoms with E-state index in [4.69, 9.17) is 0 Å². The number of carbonyl (C=O) groups excluding carboxylic acids is 1. The Kier molecular flexibility index (Phi) is 3.93. The first-order chi connectivity index (χ1) is 9.47. The number of phenols is 1. The lowest BCUT2D eigenvalue weighted by Crippen LogP contribution is -2.16. The van der Waals surface area contributed by atoms with E-state index in [1.54, 1.807) is 12.1 Å². The fourth-order valence-electron chi connectivity index (χ4n) is 1.67. The molecule has 2 N–H and O–H groups in total. The number of para-hydroxylation sites is 1. The number of aromatic hydroxyl groups is 1. The van der Waals surface area contributed by atoms with Crippen LogP contribution in [0.4, 0.5) is 18.9 Å². The first kappa shape index (κ1) is 13.9. The summed E-state index contributed by atoms with van der Waals surface area (Å²) < 4.78 is 39.3. The summed E-state index contributed by atoms with van der Waals surface area (Å²) in [6.07, 6.45) is -0.246. The number of halogens is 3. The quantitative estimate of drug-likeness (QED) is 0.850. The van der Waals surface area contributed by atoms with Gasteiger partial charge in [-0.2, -0.15) is 0 Å². The van der Waals surface area contributed by atoms with Crippen molar-refractivity contribution >= 4 is 11.6 Å². The molecule has 0 radical (unpaired) electrons. The molecule has 104 valence electrons. The van der Waals surface area contributed by atoms with Crippen molar-refractivity contribution in [1.82, 2.24) is 0 Å². The molecule has 0 saturated carbocycles. The van der Waals surface area contributed by atoms with Gasteiger partial charge in [-0.15, -0.1) is 0 Å². The molecule has 0 spiro atoms. The van der Waals surface area contributed by atoms with Gasteiger partial charge in [-0.3, -0.25) is 4.79 Å². The molecule has 3 nitrogen and oxygen atoms in total. The van der Waals surface area contributed by atoms with Crippen LogP contribution in [0.1, 0.15) is 5.56 Å². The summed E-state index contributed by atoms with van der Waals surface area (Å²) in [7, 11) is 0. The van der Waals surface area contributed by atoms with Crippen molar-refractivity contribution in [3.8, 4) is 5.75 Å². The fraction of sp³-hybridized carbons (Fsp3) is 0.0714. The van der Waals surface area contributed by atoms with Crippen LogP contribution >= 0.6 is 0 Å². The molecule has 1 amide bonds. The zero-order chi connectivity index (χ0) is 14.7. The normalized spacial score (nSPS) is 10.3. The number of carbonyl (C=O) groups is 1. The average molecular weight is 281 g/mol. The Hall–Kier alpha value is -2.50. The molecule has 2 aromatic rings. The van der Waals surface area contributed by atoms with Gasteiger partial charge >= 0.3 is 0 Å². The van der Waals surface area contributed by atoms with Crippen molar-refractivity contribution in [2.45, 2.75) is 6.42 Å². The first-order valence-corrected chi connectivity index (χ1v) is 5.68. The number of benzene rings is 2. The number of rotatable bonds is 3. The second-order valence-corrected chi connectivity index (χ2v) is 4.10. The van der Waals surface area contributed by atoms with Crippen molar-refractivity contribution in [2.75, 3.05) is 5.32 Å². The second kappa shape index (κ2) is 5.64. The molecular formula is C14H10F3NO2. The largest absolute Gasteiger partial charge is 0.508 e. The summed E-state index contributed by atoms with van der Waals surface area (Å²) in [6, 6.07) is 7.17. The Labute approximate surface area is 112 Å². The van der Waals surface area contributed by atoms with Crippen molar-refractivity contribution in [3.63, 3.8) is 0 Å². The maximum atomic E-state index is 13.4. The third-order valence-corrected chi connectivity index (χ3v) is 2.61. The van der Waals surface area contributed by atoms with E-state index in [1.165, 1.54) is 12.1 Å². The summed E-state index contributed by atoms with van der Waals surface area (Å²) in [4.78, 5) is 11.7. The highest BCUT2D eigenvalue weighted by atomic mass is 19.2. The number of amides is 1. The van der Waals surface area contributed by atoms with Crippen molar-refractivity contribution in [1.29, 1.82) is 0 Å². The van der Waals surface area contributed by atoms with Gasteiger partial charge in [0, 0.05) is 17.7 Å². The minimum absolute atomic E-state index is 0.0893. The average Bonchev–Trinajstić information content (AvgIpc) is 2.38. The summed E-state index contributed by atoms with van der Waals surface area (Å²) in [5.41, 5.74) is -0.259. The predicted molar refractivity (Wildman–Crippen MR) is 66.8 cm³/mol. The highest BCUT2D eigenvalue weighted by Crippen LogP contribution is 2.21. The Morgan fingerprint density at radius 3 is 2.55 bits per heavy atom. The molecule has 6 heteroatoms. The summed E-state index contributed by atoms with van der Waals surface area (Å²) in [6.45, 7) is 0. The van der Waals surface area contributed by atoms with Gasteiger partial charge in [0.15, 0.2) is 11.6 Å². The third kappa shape index (κ3) is 3.09. The number of phenolic OH excluding ortho intramolecular Hbond substituents is 1. The highest BCUT2D eigenvalue weighted by molar-refractivity contribution is 5.92. The Balaban J connectivity index is 2.15. The molecule has 0 fully saturated rings. The lowest BCUT2D eigenvalue weighted by atomic mass is 10.1. The van der Waals surface area contributed by atoms with Crippen LogP contribution in [0.3, 0.4) is 0 Å². The van der Waals surface area contributed by atoms with Crippen LogP contribution in [-0.4, -0.2) is 11.0 Å². The first-order valence-electron chi connectivity index (χ1n) is 5.68. The van der Waals surface area contributed by atoms with Crippen LogP contribution in [0.5, 0.6) is 5.75 Å². The van der Waals surface area contributed by atoms with Gasteiger partial charge in [0.1, 0.15) is 11.6 Å². The van der Waals surface area contributed by atoms with Crippen LogP contribution in [-0.2, 0) is 11.2 Å². The zero-order valence-electron chi connectivity index (χ0n) is 10.2. The standard InChI is InChI=1S/C14H10F3NO2/c15-9-6-10(16)14(17)11(7-9)18-13(20)5-8-3-1-2-4-12(8)19/h1-4,6-7,19H,5H2,(H,18,20). The van der Waals surface area contributed by atoms with E-state index >= 15 is 0 Å². The minimum Gasteiger partial charge on any atom is -0.508 e. The second-order valence-electron chi connectivity index (χ2n) is 4.10. The van der Waals surface area contributed by atoms with E-state index in [-0.39, 0.29) is 12.2 Å².